The van der Waals surface area contributed by atoms with Crippen molar-refractivity contribution < 1.29 is 18.3 Å². The van der Waals surface area contributed by atoms with E-state index in [0.717, 1.165) is 21.9 Å². The number of carbonyl (C=O) groups excluding carboxylic acids is 1. The van der Waals surface area contributed by atoms with E-state index in [1.54, 1.807) is 18.3 Å². The molecule has 3 aromatic carbocycles. The number of benzene rings is 3. The molecule has 3 aromatic rings. The number of hydrogen-bond donors (Lipinski definition) is 1. The zero-order valence-electron chi connectivity index (χ0n) is 15.4. The summed E-state index contributed by atoms with van der Waals surface area (Å²) in [5.74, 6) is 0.143. The van der Waals surface area contributed by atoms with Gasteiger partial charge in [0.25, 0.3) is 11.3 Å². The summed E-state index contributed by atoms with van der Waals surface area (Å²) in [7, 11) is 0. The summed E-state index contributed by atoms with van der Waals surface area (Å²) in [6, 6.07) is 20.9. The first-order chi connectivity index (χ1) is 13.5. The van der Waals surface area contributed by atoms with E-state index in [1.165, 1.54) is 11.2 Å². The first-order valence-corrected chi connectivity index (χ1v) is 9.91. The highest BCUT2D eigenvalue weighted by Crippen LogP contribution is 2.28. The van der Waals surface area contributed by atoms with Crippen molar-refractivity contribution in [3.8, 4) is 5.75 Å². The molecular weight excluding hydrogens is 374 g/mol. The van der Waals surface area contributed by atoms with E-state index in [-0.39, 0.29) is 5.97 Å². The van der Waals surface area contributed by atoms with Crippen molar-refractivity contribution in [2.75, 3.05) is 6.54 Å². The van der Waals surface area contributed by atoms with Gasteiger partial charge in [0.2, 0.25) is 0 Å². The molecule has 0 amide bonds. The number of nitrogens with zero attached hydrogens (tertiary/aromatic N) is 1. The maximum Gasteiger partial charge on any atom is 0.308 e. The number of fused-ring (bicyclic) bond motifs is 1. The molecule has 6 heteroatoms. The van der Waals surface area contributed by atoms with Crippen LogP contribution in [0.4, 0.5) is 0 Å². The molecule has 1 unspecified atom stereocenters. The van der Waals surface area contributed by atoms with E-state index < -0.39 is 11.3 Å². The van der Waals surface area contributed by atoms with Gasteiger partial charge < -0.3 is 4.74 Å². The molecule has 0 aliphatic carbocycles. The van der Waals surface area contributed by atoms with Crippen molar-refractivity contribution >= 4 is 34.1 Å². The molecule has 0 fully saturated rings. The molecular formula is C22H21NO4S. The van der Waals surface area contributed by atoms with Crippen LogP contribution in [0.25, 0.3) is 16.8 Å². The van der Waals surface area contributed by atoms with Crippen molar-refractivity contribution in [3.05, 3.63) is 84.1 Å². The molecule has 0 aromatic heterocycles. The van der Waals surface area contributed by atoms with E-state index in [0.29, 0.717) is 18.7 Å². The number of hydrogen-bond acceptors (Lipinski definition) is 3. The smallest absolute Gasteiger partial charge is 0.308 e. The molecule has 0 saturated heterocycles. The molecule has 3 rings (SSSR count). The summed E-state index contributed by atoms with van der Waals surface area (Å²) in [4.78, 5) is 11.3. The Kier molecular flexibility index (Phi) is 6.57. The molecule has 0 aliphatic heterocycles. The molecule has 0 spiro atoms. The average molecular weight is 395 g/mol. The second kappa shape index (κ2) is 9.30. The van der Waals surface area contributed by atoms with Crippen LogP contribution in [0.1, 0.15) is 18.1 Å². The standard InChI is InChI=1S/C22H21NO4S/c1-17(24)27-22-12-6-10-20-19(9-5-11-21(20)22)14-16-23(28(25)26)15-13-18-7-3-2-4-8-18/h2-13,15H,14,16H2,1H3,(H,25,26). The summed E-state index contributed by atoms with van der Waals surface area (Å²) in [6.07, 6.45) is 3.99. The van der Waals surface area contributed by atoms with Gasteiger partial charge in [0, 0.05) is 25.1 Å². The Morgan fingerprint density at radius 1 is 1.04 bits per heavy atom. The Labute approximate surface area is 166 Å². The van der Waals surface area contributed by atoms with Gasteiger partial charge in [-0.25, -0.2) is 4.21 Å². The Morgan fingerprint density at radius 2 is 1.75 bits per heavy atom. The lowest BCUT2D eigenvalue weighted by Crippen LogP contribution is -2.22. The van der Waals surface area contributed by atoms with E-state index in [2.05, 4.69) is 0 Å². The molecule has 0 bridgehead atoms. The predicted molar refractivity (Wildman–Crippen MR) is 112 cm³/mol. The summed E-state index contributed by atoms with van der Waals surface area (Å²) < 4.78 is 28.0. The number of ether oxygens (including phenoxy) is 1. The summed E-state index contributed by atoms with van der Waals surface area (Å²) in [6.45, 7) is 1.74. The van der Waals surface area contributed by atoms with E-state index in [9.17, 15) is 13.6 Å². The van der Waals surface area contributed by atoms with Crippen LogP contribution in [0.3, 0.4) is 0 Å². The zero-order chi connectivity index (χ0) is 19.9. The fraction of sp³-hybridized carbons (Fsp3) is 0.136. The molecule has 28 heavy (non-hydrogen) atoms. The maximum atomic E-state index is 11.7. The van der Waals surface area contributed by atoms with Crippen LogP contribution in [0, 0.1) is 0 Å². The Bertz CT molecular complexity index is 1020. The average Bonchev–Trinajstić information content (AvgIpc) is 2.68. The lowest BCUT2D eigenvalue weighted by atomic mass is 10.0. The van der Waals surface area contributed by atoms with Crippen LogP contribution in [0.15, 0.2) is 72.9 Å². The number of carbonyl (C=O) groups is 1. The maximum absolute atomic E-state index is 11.7. The second-order valence-electron chi connectivity index (χ2n) is 6.21. The SMILES string of the molecule is CC(=O)Oc1cccc2c(CCN(C=Cc3ccccc3)S(=O)O)cccc12. The molecule has 1 atom stereocenters. The quantitative estimate of drug-likeness (QED) is 0.365. The Hall–Kier alpha value is -2.96. The molecule has 0 saturated carbocycles. The first-order valence-electron chi connectivity index (χ1n) is 8.84. The minimum atomic E-state index is -2.12. The van der Waals surface area contributed by atoms with Crippen LogP contribution in [-0.4, -0.2) is 25.6 Å². The van der Waals surface area contributed by atoms with Gasteiger partial charge in [-0.3, -0.25) is 13.7 Å². The fourth-order valence-electron chi connectivity index (χ4n) is 2.98. The third kappa shape index (κ3) is 5.06. The predicted octanol–water partition coefficient (Wildman–Crippen LogP) is 4.42. The van der Waals surface area contributed by atoms with Crippen molar-refractivity contribution in [3.63, 3.8) is 0 Å². The van der Waals surface area contributed by atoms with Crippen LogP contribution >= 0.6 is 0 Å². The van der Waals surface area contributed by atoms with E-state index in [4.69, 9.17) is 4.74 Å². The topological polar surface area (TPSA) is 66.8 Å². The van der Waals surface area contributed by atoms with E-state index in [1.807, 2.05) is 60.7 Å². The van der Waals surface area contributed by atoms with Crippen molar-refractivity contribution in [1.29, 1.82) is 0 Å². The number of esters is 1. The molecule has 0 heterocycles. The Balaban J connectivity index is 1.80. The zero-order valence-corrected chi connectivity index (χ0v) is 16.3. The molecule has 5 nitrogen and oxygen atoms in total. The Morgan fingerprint density at radius 3 is 2.46 bits per heavy atom. The summed E-state index contributed by atoms with van der Waals surface area (Å²) in [5.41, 5.74) is 1.96. The highest BCUT2D eigenvalue weighted by atomic mass is 32.2. The third-order valence-electron chi connectivity index (χ3n) is 4.26. The first kappa shape index (κ1) is 19.8. The second-order valence-corrected chi connectivity index (χ2v) is 7.14. The van der Waals surface area contributed by atoms with E-state index >= 15 is 0 Å². The summed E-state index contributed by atoms with van der Waals surface area (Å²) >= 11 is -2.12. The molecule has 0 aliphatic rings. The van der Waals surface area contributed by atoms with Gasteiger partial charge in [0.15, 0.2) is 0 Å². The molecule has 144 valence electrons. The van der Waals surface area contributed by atoms with Gasteiger partial charge >= 0.3 is 5.97 Å². The highest BCUT2D eigenvalue weighted by Gasteiger charge is 2.10. The van der Waals surface area contributed by atoms with Gasteiger partial charge in [-0.15, -0.1) is 0 Å². The molecule has 1 N–H and O–H groups in total. The minimum Gasteiger partial charge on any atom is -0.426 e. The van der Waals surface area contributed by atoms with Gasteiger partial charge in [-0.05, 0) is 35.1 Å². The van der Waals surface area contributed by atoms with Crippen LogP contribution in [0.2, 0.25) is 0 Å². The fourth-order valence-corrected chi connectivity index (χ4v) is 3.39. The van der Waals surface area contributed by atoms with Crippen molar-refractivity contribution in [2.45, 2.75) is 13.3 Å². The summed E-state index contributed by atoms with van der Waals surface area (Å²) in [5, 5.41) is 1.80. The van der Waals surface area contributed by atoms with Gasteiger partial charge in [-0.2, -0.15) is 0 Å². The third-order valence-corrected chi connectivity index (χ3v) is 4.97. The number of rotatable bonds is 7. The van der Waals surface area contributed by atoms with Gasteiger partial charge in [-0.1, -0.05) is 60.7 Å². The van der Waals surface area contributed by atoms with Gasteiger partial charge in [0.05, 0.1) is 0 Å². The normalized spacial score (nSPS) is 12.2. The molecule has 0 radical (unpaired) electrons. The highest BCUT2D eigenvalue weighted by molar-refractivity contribution is 7.76. The van der Waals surface area contributed by atoms with Crippen molar-refractivity contribution in [2.24, 2.45) is 0 Å². The van der Waals surface area contributed by atoms with Crippen LogP contribution < -0.4 is 4.74 Å². The van der Waals surface area contributed by atoms with Crippen LogP contribution in [-0.2, 0) is 22.5 Å². The lowest BCUT2D eigenvalue weighted by Gasteiger charge is -2.16. The van der Waals surface area contributed by atoms with Crippen LogP contribution in [0.5, 0.6) is 5.75 Å². The minimum absolute atomic E-state index is 0.364. The van der Waals surface area contributed by atoms with Crippen molar-refractivity contribution in [1.82, 2.24) is 4.31 Å². The monoisotopic (exact) mass is 395 g/mol. The largest absolute Gasteiger partial charge is 0.426 e. The van der Waals surface area contributed by atoms with Gasteiger partial charge in [0.1, 0.15) is 5.75 Å². The lowest BCUT2D eigenvalue weighted by molar-refractivity contribution is -0.131.